The van der Waals surface area contributed by atoms with Crippen molar-refractivity contribution in [2.24, 2.45) is 5.92 Å². The van der Waals surface area contributed by atoms with E-state index in [0.717, 1.165) is 0 Å². The third kappa shape index (κ3) is 1.00. The lowest BCUT2D eigenvalue weighted by Gasteiger charge is -2.20. The summed E-state index contributed by atoms with van der Waals surface area (Å²) in [7, 11) is 0. The van der Waals surface area contributed by atoms with Gasteiger partial charge in [0.1, 0.15) is 0 Å². The van der Waals surface area contributed by atoms with Crippen LogP contribution in [0.3, 0.4) is 0 Å². The van der Waals surface area contributed by atoms with E-state index < -0.39 is 6.03 Å². The van der Waals surface area contributed by atoms with Crippen LogP contribution in [0.5, 0.6) is 0 Å². The molecule has 4 nitrogen and oxygen atoms in total. The van der Waals surface area contributed by atoms with E-state index in [0.29, 0.717) is 5.70 Å². The standard InChI is InChI=1S/C6H8N2O2/c1-3-4(2)7-6(10)8-5(3)9/h3H,2H2,1H3,(H2,7,8,9,10). The molecule has 1 unspecified atom stereocenters. The van der Waals surface area contributed by atoms with Crippen molar-refractivity contribution in [2.45, 2.75) is 6.92 Å². The molecule has 1 rings (SSSR count). The van der Waals surface area contributed by atoms with Gasteiger partial charge in [-0.05, 0) is 6.92 Å². The third-order valence-corrected chi connectivity index (χ3v) is 1.43. The van der Waals surface area contributed by atoms with Gasteiger partial charge < -0.3 is 5.32 Å². The summed E-state index contributed by atoms with van der Waals surface area (Å²) < 4.78 is 0. The van der Waals surface area contributed by atoms with E-state index in [1.165, 1.54) is 0 Å². The van der Waals surface area contributed by atoms with E-state index in [1.807, 2.05) is 0 Å². The first-order chi connectivity index (χ1) is 4.61. The second kappa shape index (κ2) is 2.13. The van der Waals surface area contributed by atoms with Crippen molar-refractivity contribution >= 4 is 11.9 Å². The fourth-order valence-electron chi connectivity index (χ4n) is 0.664. The summed E-state index contributed by atoms with van der Waals surface area (Å²) >= 11 is 0. The molecular formula is C6H8N2O2. The Morgan fingerprint density at radius 1 is 1.40 bits per heavy atom. The largest absolute Gasteiger partial charge is 0.325 e. The van der Waals surface area contributed by atoms with Gasteiger partial charge in [-0.1, -0.05) is 6.58 Å². The molecule has 1 aliphatic rings. The lowest BCUT2D eigenvalue weighted by atomic mass is 10.1. The summed E-state index contributed by atoms with van der Waals surface area (Å²) in [5, 5.41) is 4.50. The number of hydrogen-bond donors (Lipinski definition) is 2. The molecule has 10 heavy (non-hydrogen) atoms. The number of carbonyl (C=O) groups is 2. The molecule has 0 aromatic carbocycles. The molecule has 0 aromatic rings. The van der Waals surface area contributed by atoms with E-state index >= 15 is 0 Å². The number of hydrogen-bond acceptors (Lipinski definition) is 2. The Hall–Kier alpha value is -1.32. The first kappa shape index (κ1) is 6.80. The van der Waals surface area contributed by atoms with E-state index in [-0.39, 0.29) is 11.8 Å². The van der Waals surface area contributed by atoms with Crippen molar-refractivity contribution in [1.29, 1.82) is 0 Å². The van der Waals surface area contributed by atoms with Crippen molar-refractivity contribution in [3.8, 4) is 0 Å². The van der Waals surface area contributed by atoms with Crippen molar-refractivity contribution in [3.63, 3.8) is 0 Å². The van der Waals surface area contributed by atoms with Gasteiger partial charge in [-0.3, -0.25) is 10.1 Å². The van der Waals surface area contributed by atoms with Gasteiger partial charge in [0, 0.05) is 5.70 Å². The first-order valence-electron chi connectivity index (χ1n) is 2.92. The van der Waals surface area contributed by atoms with Gasteiger partial charge in [0.25, 0.3) is 0 Å². The van der Waals surface area contributed by atoms with Gasteiger partial charge in [-0.2, -0.15) is 0 Å². The zero-order valence-corrected chi connectivity index (χ0v) is 5.60. The van der Waals surface area contributed by atoms with Gasteiger partial charge >= 0.3 is 6.03 Å². The SMILES string of the molecule is C=C1NC(=O)NC(=O)C1C. The fraction of sp³-hybridized carbons (Fsp3) is 0.333. The minimum atomic E-state index is -0.492. The Morgan fingerprint density at radius 2 is 2.00 bits per heavy atom. The molecule has 1 aliphatic heterocycles. The summed E-state index contributed by atoms with van der Waals surface area (Å²) in [6.45, 7) is 5.18. The highest BCUT2D eigenvalue weighted by atomic mass is 16.2. The molecule has 4 heteroatoms. The fourth-order valence-corrected chi connectivity index (χ4v) is 0.664. The van der Waals surface area contributed by atoms with Gasteiger partial charge in [0.2, 0.25) is 5.91 Å². The van der Waals surface area contributed by atoms with Crippen LogP contribution in [-0.4, -0.2) is 11.9 Å². The highest BCUT2D eigenvalue weighted by Crippen LogP contribution is 2.07. The van der Waals surface area contributed by atoms with Crippen LogP contribution in [0.2, 0.25) is 0 Å². The van der Waals surface area contributed by atoms with Crippen LogP contribution in [0, 0.1) is 5.92 Å². The summed E-state index contributed by atoms with van der Waals surface area (Å²) in [4.78, 5) is 21.3. The number of nitrogens with one attached hydrogen (secondary N) is 2. The van der Waals surface area contributed by atoms with Crippen molar-refractivity contribution in [2.75, 3.05) is 0 Å². The number of carbonyl (C=O) groups excluding carboxylic acids is 2. The van der Waals surface area contributed by atoms with Crippen molar-refractivity contribution in [3.05, 3.63) is 12.3 Å². The molecule has 3 amide bonds. The molecule has 0 aromatic heterocycles. The second-order valence-electron chi connectivity index (χ2n) is 2.19. The topological polar surface area (TPSA) is 58.2 Å². The number of imide groups is 1. The smallest absolute Gasteiger partial charge is 0.311 e. The lowest BCUT2D eigenvalue weighted by molar-refractivity contribution is -0.122. The Labute approximate surface area is 58.3 Å². The van der Waals surface area contributed by atoms with Crippen LogP contribution in [0.4, 0.5) is 4.79 Å². The van der Waals surface area contributed by atoms with E-state index in [4.69, 9.17) is 0 Å². The minimum Gasteiger partial charge on any atom is -0.311 e. The maximum Gasteiger partial charge on any atom is 0.325 e. The zero-order valence-electron chi connectivity index (χ0n) is 5.60. The molecule has 0 radical (unpaired) electrons. The molecule has 0 aliphatic carbocycles. The molecule has 1 fully saturated rings. The predicted octanol–water partition coefficient (Wildman–Crippen LogP) is -0.0244. The molecule has 54 valence electrons. The molecule has 1 heterocycles. The first-order valence-corrected chi connectivity index (χ1v) is 2.92. The zero-order chi connectivity index (χ0) is 7.72. The number of urea groups is 1. The molecule has 0 spiro atoms. The van der Waals surface area contributed by atoms with Crippen molar-refractivity contribution < 1.29 is 9.59 Å². The Morgan fingerprint density at radius 3 is 2.50 bits per heavy atom. The number of amides is 3. The predicted molar refractivity (Wildman–Crippen MR) is 35.0 cm³/mol. The normalized spacial score (nSPS) is 25.7. The Kier molecular flexibility index (Phi) is 1.45. The highest BCUT2D eigenvalue weighted by molar-refractivity contribution is 6.00. The maximum absolute atomic E-state index is 10.8. The Bertz CT molecular complexity index is 190. The summed E-state index contributed by atoms with van der Waals surface area (Å²) in [5.41, 5.74) is 0.453. The highest BCUT2D eigenvalue weighted by Gasteiger charge is 2.24. The third-order valence-electron chi connectivity index (χ3n) is 1.43. The minimum absolute atomic E-state index is 0.297. The quantitative estimate of drug-likeness (QED) is 0.496. The van der Waals surface area contributed by atoms with Crippen LogP contribution >= 0.6 is 0 Å². The molecular weight excluding hydrogens is 132 g/mol. The average Bonchev–Trinajstić information content (AvgIpc) is 1.82. The van der Waals surface area contributed by atoms with E-state index in [1.54, 1.807) is 6.92 Å². The molecule has 1 atom stereocenters. The molecule has 0 saturated carbocycles. The molecule has 0 bridgehead atoms. The van der Waals surface area contributed by atoms with Crippen molar-refractivity contribution in [1.82, 2.24) is 10.6 Å². The van der Waals surface area contributed by atoms with Gasteiger partial charge in [-0.25, -0.2) is 4.79 Å². The monoisotopic (exact) mass is 140 g/mol. The van der Waals surface area contributed by atoms with E-state index in [9.17, 15) is 9.59 Å². The molecule has 1 saturated heterocycles. The second-order valence-corrected chi connectivity index (χ2v) is 2.19. The summed E-state index contributed by atoms with van der Waals surface area (Å²) in [5.74, 6) is -0.619. The Balaban J connectivity index is 2.76. The molecule has 2 N–H and O–H groups in total. The van der Waals surface area contributed by atoms with Crippen LogP contribution in [0.15, 0.2) is 12.3 Å². The summed E-state index contributed by atoms with van der Waals surface area (Å²) in [6, 6.07) is -0.492. The van der Waals surface area contributed by atoms with Crippen LogP contribution < -0.4 is 10.6 Å². The summed E-state index contributed by atoms with van der Waals surface area (Å²) in [6.07, 6.45) is 0. The van der Waals surface area contributed by atoms with E-state index in [2.05, 4.69) is 17.2 Å². The van der Waals surface area contributed by atoms with Crippen LogP contribution in [-0.2, 0) is 4.79 Å². The van der Waals surface area contributed by atoms with Gasteiger partial charge in [-0.15, -0.1) is 0 Å². The lowest BCUT2D eigenvalue weighted by Crippen LogP contribution is -2.49. The van der Waals surface area contributed by atoms with Gasteiger partial charge in [0.15, 0.2) is 0 Å². The maximum atomic E-state index is 10.8. The van der Waals surface area contributed by atoms with Gasteiger partial charge in [0.05, 0.1) is 5.92 Å². The number of rotatable bonds is 0. The van der Waals surface area contributed by atoms with Crippen LogP contribution in [0.25, 0.3) is 0 Å². The average molecular weight is 140 g/mol. The van der Waals surface area contributed by atoms with Crippen LogP contribution in [0.1, 0.15) is 6.92 Å².